The fraction of sp³-hybridized carbons (Fsp3) is 0.929. The number of hydrogen-bond acceptors (Lipinski definition) is 4. The number of rotatable bonds is 6. The van der Waals surface area contributed by atoms with Crippen LogP contribution in [0.5, 0.6) is 0 Å². The van der Waals surface area contributed by atoms with Gasteiger partial charge in [0.1, 0.15) is 5.41 Å². The maximum atomic E-state index is 11.5. The van der Waals surface area contributed by atoms with Crippen LogP contribution >= 0.6 is 0 Å². The topological polar surface area (TPSA) is 53.0 Å². The molecular weight excluding hydrogens is 244 g/mol. The highest BCUT2D eigenvalue weighted by Crippen LogP contribution is 2.38. The van der Waals surface area contributed by atoms with Gasteiger partial charge in [0.25, 0.3) is 0 Å². The van der Waals surface area contributed by atoms with Crippen LogP contribution in [0.3, 0.4) is 0 Å². The van der Waals surface area contributed by atoms with Crippen LogP contribution in [0, 0.1) is 5.41 Å². The molecule has 0 aromatic heterocycles. The van der Waals surface area contributed by atoms with Crippen molar-refractivity contribution in [3.63, 3.8) is 0 Å². The van der Waals surface area contributed by atoms with Crippen molar-refractivity contribution >= 4 is 5.97 Å². The van der Waals surface area contributed by atoms with Gasteiger partial charge in [-0.15, -0.1) is 0 Å². The molecule has 2 aliphatic rings. The number of likely N-dealkylation sites (N-methyl/N-ethyl adjacent to an activating group) is 2. The van der Waals surface area contributed by atoms with Crippen molar-refractivity contribution in [1.82, 2.24) is 9.80 Å². The maximum absolute atomic E-state index is 11.5. The molecule has 1 saturated heterocycles. The second-order valence-electron chi connectivity index (χ2n) is 6.53. The lowest BCUT2D eigenvalue weighted by Gasteiger charge is -2.50. The molecule has 1 saturated carbocycles. The molecule has 1 heterocycles. The van der Waals surface area contributed by atoms with Crippen molar-refractivity contribution in [3.8, 4) is 0 Å². The van der Waals surface area contributed by atoms with Gasteiger partial charge in [0.05, 0.1) is 6.61 Å². The van der Waals surface area contributed by atoms with Gasteiger partial charge in [-0.2, -0.15) is 0 Å². The summed E-state index contributed by atoms with van der Waals surface area (Å²) in [7, 11) is 6.28. The van der Waals surface area contributed by atoms with Gasteiger partial charge in [0.15, 0.2) is 0 Å². The minimum Gasteiger partial charge on any atom is -0.481 e. The average molecular weight is 270 g/mol. The zero-order valence-electron chi connectivity index (χ0n) is 12.3. The van der Waals surface area contributed by atoms with Crippen molar-refractivity contribution in [2.75, 3.05) is 47.4 Å². The van der Waals surface area contributed by atoms with Gasteiger partial charge in [-0.25, -0.2) is 0 Å². The Morgan fingerprint density at radius 1 is 1.21 bits per heavy atom. The van der Waals surface area contributed by atoms with Crippen LogP contribution in [0.25, 0.3) is 0 Å². The molecule has 1 unspecified atom stereocenters. The molecule has 2 fully saturated rings. The summed E-state index contributed by atoms with van der Waals surface area (Å²) in [5, 5.41) is 9.47. The molecule has 1 aliphatic heterocycles. The zero-order valence-corrected chi connectivity index (χ0v) is 12.3. The first-order valence-corrected chi connectivity index (χ1v) is 7.07. The van der Waals surface area contributed by atoms with Gasteiger partial charge in [0, 0.05) is 25.2 Å². The summed E-state index contributed by atoms with van der Waals surface area (Å²) in [5.74, 6) is -0.718. The summed E-state index contributed by atoms with van der Waals surface area (Å²) < 4.78 is 5.32. The first kappa shape index (κ1) is 14.8. The van der Waals surface area contributed by atoms with E-state index in [0.717, 1.165) is 6.54 Å². The lowest BCUT2D eigenvalue weighted by Crippen LogP contribution is -2.58. The average Bonchev–Trinajstić information content (AvgIpc) is 2.72. The molecule has 5 nitrogen and oxygen atoms in total. The predicted octanol–water partition coefficient (Wildman–Crippen LogP) is 0.894. The van der Waals surface area contributed by atoms with Crippen LogP contribution in [0.2, 0.25) is 0 Å². The molecule has 1 atom stereocenters. The van der Waals surface area contributed by atoms with E-state index < -0.39 is 11.4 Å². The Morgan fingerprint density at radius 2 is 1.89 bits per heavy atom. The zero-order chi connectivity index (χ0) is 14.1. The number of carbonyl (C=O) groups is 1. The van der Waals surface area contributed by atoms with Crippen molar-refractivity contribution in [2.45, 2.75) is 31.2 Å². The first-order valence-electron chi connectivity index (χ1n) is 7.07. The number of hydrogen-bond donors (Lipinski definition) is 1. The minimum absolute atomic E-state index is 0.244. The van der Waals surface area contributed by atoms with E-state index in [-0.39, 0.29) is 5.54 Å². The summed E-state index contributed by atoms with van der Waals surface area (Å²) in [6, 6.07) is 0. The lowest BCUT2D eigenvalue weighted by atomic mass is 9.75. The van der Waals surface area contributed by atoms with E-state index in [1.807, 2.05) is 7.05 Å². The molecule has 0 bridgehead atoms. The summed E-state index contributed by atoms with van der Waals surface area (Å²) in [6.07, 6.45) is 4.32. The Morgan fingerprint density at radius 3 is 2.26 bits per heavy atom. The fourth-order valence-corrected chi connectivity index (χ4v) is 3.37. The summed E-state index contributed by atoms with van der Waals surface area (Å²) in [6.45, 7) is 2.44. The van der Waals surface area contributed by atoms with Crippen LogP contribution in [-0.2, 0) is 9.53 Å². The van der Waals surface area contributed by atoms with Gasteiger partial charge >= 0.3 is 5.97 Å². The highest BCUT2D eigenvalue weighted by atomic mass is 16.5. The Kier molecular flexibility index (Phi) is 4.18. The second kappa shape index (κ2) is 5.38. The second-order valence-corrected chi connectivity index (χ2v) is 6.53. The van der Waals surface area contributed by atoms with Crippen molar-refractivity contribution in [1.29, 1.82) is 0 Å². The quantitative estimate of drug-likeness (QED) is 0.777. The molecule has 0 radical (unpaired) electrons. The fourth-order valence-electron chi connectivity index (χ4n) is 3.37. The third-order valence-electron chi connectivity index (χ3n) is 4.93. The van der Waals surface area contributed by atoms with Crippen LogP contribution in [0.15, 0.2) is 0 Å². The molecule has 0 aromatic carbocycles. The smallest absolute Gasteiger partial charge is 0.313 e. The summed E-state index contributed by atoms with van der Waals surface area (Å²) in [4.78, 5) is 16.0. The molecule has 0 aromatic rings. The third kappa shape index (κ3) is 2.78. The Bertz CT molecular complexity index is 334. The summed E-state index contributed by atoms with van der Waals surface area (Å²) in [5.41, 5.74) is -0.458. The SMILES string of the molecule is CN(CC1(C(=O)O)CCOC1)CC1(N(C)C)CCC1. The normalized spacial score (nSPS) is 29.7. The van der Waals surface area contributed by atoms with Gasteiger partial charge < -0.3 is 19.6 Å². The van der Waals surface area contributed by atoms with E-state index in [1.165, 1.54) is 19.3 Å². The molecule has 0 spiro atoms. The first-order chi connectivity index (χ1) is 8.90. The van der Waals surface area contributed by atoms with E-state index in [2.05, 4.69) is 23.9 Å². The van der Waals surface area contributed by atoms with E-state index >= 15 is 0 Å². The Labute approximate surface area is 115 Å². The molecule has 19 heavy (non-hydrogen) atoms. The molecule has 1 aliphatic carbocycles. The van der Waals surface area contributed by atoms with Gasteiger partial charge in [-0.1, -0.05) is 0 Å². The lowest BCUT2D eigenvalue weighted by molar-refractivity contribution is -0.150. The molecule has 110 valence electrons. The van der Waals surface area contributed by atoms with Crippen molar-refractivity contribution < 1.29 is 14.6 Å². The third-order valence-corrected chi connectivity index (χ3v) is 4.93. The van der Waals surface area contributed by atoms with Crippen LogP contribution in [0.4, 0.5) is 0 Å². The van der Waals surface area contributed by atoms with Crippen LogP contribution in [-0.4, -0.2) is 73.9 Å². The van der Waals surface area contributed by atoms with Gasteiger partial charge in [-0.3, -0.25) is 4.79 Å². The van der Waals surface area contributed by atoms with E-state index in [0.29, 0.717) is 26.2 Å². The molecule has 0 amide bonds. The van der Waals surface area contributed by atoms with Crippen molar-refractivity contribution in [3.05, 3.63) is 0 Å². The number of ether oxygens (including phenoxy) is 1. The largest absolute Gasteiger partial charge is 0.481 e. The molecule has 2 rings (SSSR count). The maximum Gasteiger partial charge on any atom is 0.313 e. The van der Waals surface area contributed by atoms with E-state index in [4.69, 9.17) is 4.74 Å². The van der Waals surface area contributed by atoms with E-state index in [1.54, 1.807) is 0 Å². The predicted molar refractivity (Wildman–Crippen MR) is 73.3 cm³/mol. The van der Waals surface area contributed by atoms with Gasteiger partial charge in [0.2, 0.25) is 0 Å². The van der Waals surface area contributed by atoms with Crippen LogP contribution in [0.1, 0.15) is 25.7 Å². The number of nitrogens with zero attached hydrogens (tertiary/aromatic N) is 2. The number of aliphatic carboxylic acids is 1. The number of carboxylic acid groups (broad SMARTS) is 1. The highest BCUT2D eigenvalue weighted by molar-refractivity contribution is 5.75. The minimum atomic E-state index is -0.718. The van der Waals surface area contributed by atoms with Crippen molar-refractivity contribution in [2.24, 2.45) is 5.41 Å². The standard InChI is InChI=1S/C14H26N2O3/c1-15(2)14(5-4-6-14)10-16(3)9-13(12(17)18)7-8-19-11-13/h4-11H2,1-3H3,(H,17,18). The molecular formula is C14H26N2O3. The Balaban J connectivity index is 1.96. The summed E-state index contributed by atoms with van der Waals surface area (Å²) >= 11 is 0. The van der Waals surface area contributed by atoms with Gasteiger partial charge in [-0.05, 0) is 46.8 Å². The number of carboxylic acids is 1. The Hall–Kier alpha value is -0.650. The van der Waals surface area contributed by atoms with E-state index in [9.17, 15) is 9.90 Å². The molecule has 1 N–H and O–H groups in total. The molecule has 5 heteroatoms. The van der Waals surface area contributed by atoms with Crippen LogP contribution < -0.4 is 0 Å². The monoisotopic (exact) mass is 270 g/mol. The highest BCUT2D eigenvalue weighted by Gasteiger charge is 2.45.